The van der Waals surface area contributed by atoms with Crippen molar-refractivity contribution in [3.8, 4) is 11.5 Å². The minimum atomic E-state index is -3.11. The summed E-state index contributed by atoms with van der Waals surface area (Å²) in [6.45, 7) is 5.46. The van der Waals surface area contributed by atoms with E-state index in [0.29, 0.717) is 16.9 Å². The van der Waals surface area contributed by atoms with Crippen LogP contribution in [0.3, 0.4) is 0 Å². The van der Waals surface area contributed by atoms with Crippen LogP contribution in [0.1, 0.15) is 29.8 Å². The molecular weight excluding hydrogens is 447 g/mol. The number of nitro groups is 1. The first-order valence-corrected chi connectivity index (χ1v) is 12.2. The van der Waals surface area contributed by atoms with E-state index in [1.165, 1.54) is 23.1 Å². The van der Waals surface area contributed by atoms with Crippen molar-refractivity contribution in [1.29, 1.82) is 0 Å². The lowest BCUT2D eigenvalue weighted by Gasteiger charge is -2.21. The first-order valence-electron chi connectivity index (χ1n) is 10.7. The average Bonchev–Trinajstić information content (AvgIpc) is 3.69. The topological polar surface area (TPSA) is 105 Å². The Labute approximate surface area is 192 Å². The predicted octanol–water partition coefficient (Wildman–Crippen LogP) is 4.12. The third-order valence-corrected chi connectivity index (χ3v) is 8.52. The molecule has 0 bridgehead atoms. The quantitative estimate of drug-likeness (QED) is 0.231. The van der Waals surface area contributed by atoms with Crippen molar-refractivity contribution in [2.24, 2.45) is 0 Å². The Kier molecular flexibility index (Phi) is 6.28. The Morgan fingerprint density at radius 3 is 2.33 bits per heavy atom. The second-order valence-corrected chi connectivity index (χ2v) is 10.9. The van der Waals surface area contributed by atoms with Gasteiger partial charge >= 0.3 is 13.4 Å². The minimum Gasteiger partial charge on any atom is -0.450 e. The van der Waals surface area contributed by atoms with E-state index in [1.54, 1.807) is 38.4 Å². The molecule has 11 heteroatoms. The Morgan fingerprint density at radius 2 is 1.79 bits per heavy atom. The van der Waals surface area contributed by atoms with Gasteiger partial charge < -0.3 is 14.2 Å². The maximum Gasteiger partial charge on any atom is 0.347 e. The third kappa shape index (κ3) is 4.94. The summed E-state index contributed by atoms with van der Waals surface area (Å²) in [5.41, 5.74) is 0.784. The molecule has 33 heavy (non-hydrogen) atoms. The van der Waals surface area contributed by atoms with Gasteiger partial charge in [-0.1, -0.05) is 6.07 Å². The van der Waals surface area contributed by atoms with E-state index in [9.17, 15) is 19.5 Å². The first kappa shape index (κ1) is 23.4. The number of carbonyl (C=O) groups is 1. The molecule has 0 radical (unpaired) electrons. The van der Waals surface area contributed by atoms with E-state index in [2.05, 4.69) is 0 Å². The monoisotopic (exact) mass is 474 g/mol. The molecule has 2 aliphatic rings. The van der Waals surface area contributed by atoms with Crippen LogP contribution < -0.4 is 4.74 Å². The number of amides is 1. The van der Waals surface area contributed by atoms with Gasteiger partial charge in [-0.3, -0.25) is 19.5 Å². The number of nitrogens with zero attached hydrogens (tertiary/aromatic N) is 4. The van der Waals surface area contributed by atoms with Crippen molar-refractivity contribution in [2.45, 2.75) is 32.5 Å². The SMILES string of the molecule is CC1CN1P(=O)(OCc1ccc([N+](=O)[O-])c(Oc2cccc(C(=O)N(C)C)c2)c1)N1CC1C. The van der Waals surface area contributed by atoms with E-state index in [0.717, 1.165) is 13.1 Å². The number of hydrogen-bond acceptors (Lipinski definition) is 6. The van der Waals surface area contributed by atoms with Crippen LogP contribution >= 0.6 is 7.67 Å². The molecule has 2 fully saturated rings. The Hall–Kier alpha value is -2.78. The van der Waals surface area contributed by atoms with Crippen molar-refractivity contribution < 1.29 is 23.5 Å². The Morgan fingerprint density at radius 1 is 1.15 bits per heavy atom. The van der Waals surface area contributed by atoms with Gasteiger partial charge in [0.05, 0.1) is 11.5 Å². The Balaban J connectivity index is 1.55. The number of nitro benzene ring substituents is 1. The Bertz CT molecular complexity index is 1120. The second kappa shape index (κ2) is 8.87. The average molecular weight is 474 g/mol. The van der Waals surface area contributed by atoms with E-state index in [-0.39, 0.29) is 36.0 Å². The smallest absolute Gasteiger partial charge is 0.347 e. The fourth-order valence-electron chi connectivity index (χ4n) is 3.56. The number of rotatable bonds is 9. The molecule has 0 N–H and O–H groups in total. The zero-order valence-electron chi connectivity index (χ0n) is 19.0. The van der Waals surface area contributed by atoms with Crippen LogP contribution in [0, 0.1) is 10.1 Å². The van der Waals surface area contributed by atoms with Crippen LogP contribution in [-0.2, 0) is 15.7 Å². The summed E-state index contributed by atoms with van der Waals surface area (Å²) in [5.74, 6) is 0.109. The van der Waals surface area contributed by atoms with Gasteiger partial charge in [0, 0.05) is 50.9 Å². The van der Waals surface area contributed by atoms with Crippen LogP contribution in [-0.4, -0.2) is 64.3 Å². The van der Waals surface area contributed by atoms with Gasteiger partial charge in [-0.2, -0.15) is 0 Å². The number of benzene rings is 2. The van der Waals surface area contributed by atoms with E-state index < -0.39 is 12.6 Å². The molecule has 2 saturated heterocycles. The van der Waals surface area contributed by atoms with Crippen LogP contribution in [0.15, 0.2) is 42.5 Å². The molecule has 10 nitrogen and oxygen atoms in total. The summed E-state index contributed by atoms with van der Waals surface area (Å²) < 4.78 is 28.9. The maximum atomic E-state index is 13.5. The molecule has 2 aromatic carbocycles. The summed E-state index contributed by atoms with van der Waals surface area (Å²) in [6.07, 6.45) is 0. The first-order chi connectivity index (χ1) is 15.6. The van der Waals surface area contributed by atoms with Crippen molar-refractivity contribution >= 4 is 19.3 Å². The summed E-state index contributed by atoms with van der Waals surface area (Å²) in [7, 11) is 0.171. The number of ether oxygens (including phenoxy) is 1. The van der Waals surface area contributed by atoms with Gasteiger partial charge in [0.1, 0.15) is 5.75 Å². The van der Waals surface area contributed by atoms with Crippen LogP contribution in [0.2, 0.25) is 0 Å². The standard InChI is InChI=1S/C22H27N4O6P/c1-15-12-24(15)33(30,25-13-16(25)2)31-14-17-8-9-20(26(28)29)21(10-17)32-19-7-5-6-18(11-19)22(27)23(3)4/h5-11,15-16H,12-14H2,1-4H3. The highest BCUT2D eigenvalue weighted by molar-refractivity contribution is 7.54. The van der Waals surface area contributed by atoms with E-state index in [4.69, 9.17) is 9.26 Å². The van der Waals surface area contributed by atoms with Crippen molar-refractivity contribution in [3.05, 3.63) is 63.7 Å². The van der Waals surface area contributed by atoms with Gasteiger partial charge in [-0.25, -0.2) is 9.34 Å². The lowest BCUT2D eigenvalue weighted by atomic mass is 10.2. The molecule has 4 rings (SSSR count). The third-order valence-electron chi connectivity index (χ3n) is 5.64. The van der Waals surface area contributed by atoms with E-state index >= 15 is 0 Å². The maximum absolute atomic E-state index is 13.5. The summed E-state index contributed by atoms with van der Waals surface area (Å²) in [4.78, 5) is 24.7. The summed E-state index contributed by atoms with van der Waals surface area (Å²) in [5, 5.41) is 11.5. The summed E-state index contributed by atoms with van der Waals surface area (Å²) in [6, 6.07) is 11.3. The highest BCUT2D eigenvalue weighted by Crippen LogP contribution is 2.65. The number of carbonyl (C=O) groups excluding carboxylic acids is 1. The summed E-state index contributed by atoms with van der Waals surface area (Å²) >= 11 is 0. The highest BCUT2D eigenvalue weighted by Gasteiger charge is 2.56. The fraction of sp³-hybridized carbons (Fsp3) is 0.409. The molecule has 2 heterocycles. The molecule has 2 aromatic rings. The van der Waals surface area contributed by atoms with Crippen LogP contribution in [0.5, 0.6) is 11.5 Å². The molecule has 0 aliphatic carbocycles. The molecular formula is C22H27N4O6P. The van der Waals surface area contributed by atoms with Gasteiger partial charge in [0.25, 0.3) is 5.91 Å². The van der Waals surface area contributed by atoms with Crippen molar-refractivity contribution in [1.82, 2.24) is 14.2 Å². The van der Waals surface area contributed by atoms with E-state index in [1.807, 2.05) is 23.2 Å². The second-order valence-electron chi connectivity index (χ2n) is 8.59. The molecule has 0 saturated carbocycles. The zero-order valence-corrected chi connectivity index (χ0v) is 19.9. The molecule has 4 unspecified atom stereocenters. The fourth-order valence-corrected chi connectivity index (χ4v) is 6.36. The molecule has 0 spiro atoms. The molecule has 2 aliphatic heterocycles. The lowest BCUT2D eigenvalue weighted by molar-refractivity contribution is -0.385. The molecule has 0 aromatic heterocycles. The largest absolute Gasteiger partial charge is 0.450 e. The molecule has 1 amide bonds. The highest BCUT2D eigenvalue weighted by atomic mass is 31.2. The van der Waals surface area contributed by atoms with Gasteiger partial charge in [0.15, 0.2) is 0 Å². The normalized spacial score (nSPS) is 25.1. The van der Waals surface area contributed by atoms with Gasteiger partial charge in [-0.15, -0.1) is 0 Å². The minimum absolute atomic E-state index is 0.0191. The number of hydrogen-bond donors (Lipinski definition) is 0. The zero-order chi connectivity index (χ0) is 23.9. The molecule has 176 valence electrons. The van der Waals surface area contributed by atoms with Gasteiger partial charge in [-0.05, 0) is 49.7 Å². The van der Waals surface area contributed by atoms with Crippen LogP contribution in [0.4, 0.5) is 5.69 Å². The lowest BCUT2D eigenvalue weighted by Crippen LogP contribution is -2.21. The van der Waals surface area contributed by atoms with Gasteiger partial charge in [0.2, 0.25) is 5.75 Å². The van der Waals surface area contributed by atoms with Crippen LogP contribution in [0.25, 0.3) is 0 Å². The predicted molar refractivity (Wildman–Crippen MR) is 122 cm³/mol. The molecule has 4 atom stereocenters. The van der Waals surface area contributed by atoms with Crippen molar-refractivity contribution in [2.75, 3.05) is 27.2 Å². The van der Waals surface area contributed by atoms with Crippen molar-refractivity contribution in [3.63, 3.8) is 0 Å².